The van der Waals surface area contributed by atoms with Crippen molar-refractivity contribution in [3.8, 4) is 17.2 Å². The monoisotopic (exact) mass is 512 g/mol. The Morgan fingerprint density at radius 3 is 2.48 bits per heavy atom. The van der Waals surface area contributed by atoms with Gasteiger partial charge in [-0.3, -0.25) is 9.59 Å². The minimum atomic E-state index is -1.07. The van der Waals surface area contributed by atoms with Crippen molar-refractivity contribution in [2.45, 2.75) is 19.4 Å². The molecule has 2 aromatic carbocycles. The number of carboxylic acids is 1. The third kappa shape index (κ3) is 6.64. The largest absolute Gasteiger partial charge is 0.508 e. The van der Waals surface area contributed by atoms with Crippen LogP contribution in [0, 0.1) is 6.92 Å². The van der Waals surface area contributed by atoms with Crippen LogP contribution in [0.2, 0.25) is 0 Å². The summed E-state index contributed by atoms with van der Waals surface area (Å²) in [5.74, 6) is -0.952. The number of aldehydes is 1. The summed E-state index contributed by atoms with van der Waals surface area (Å²) in [6.45, 7) is 1.99. The van der Waals surface area contributed by atoms with Crippen molar-refractivity contribution in [3.63, 3.8) is 0 Å². The number of aryl methyl sites for hydroxylation is 1. The molecular formula is C20H21IN2O6. The third-order valence-electron chi connectivity index (χ3n) is 4.03. The van der Waals surface area contributed by atoms with Crippen molar-refractivity contribution in [2.75, 3.05) is 11.9 Å². The van der Waals surface area contributed by atoms with Crippen LogP contribution in [0.5, 0.6) is 17.2 Å². The molecule has 0 amide bonds. The van der Waals surface area contributed by atoms with Gasteiger partial charge in [0.05, 0.1) is 11.4 Å². The molecule has 0 bridgehead atoms. The van der Waals surface area contributed by atoms with Crippen molar-refractivity contribution in [1.29, 1.82) is 0 Å². The number of carbonyl (C=O) groups excluding carboxylic acids is 1. The maximum atomic E-state index is 11.2. The number of phenols is 2. The number of carbonyl (C=O) groups is 2. The maximum absolute atomic E-state index is 11.2. The molecule has 0 saturated heterocycles. The Labute approximate surface area is 181 Å². The van der Waals surface area contributed by atoms with Crippen molar-refractivity contribution >= 4 is 40.8 Å². The van der Waals surface area contributed by atoms with Crippen LogP contribution in [0.4, 0.5) is 5.69 Å². The summed E-state index contributed by atoms with van der Waals surface area (Å²) < 4.78 is 8.26. The number of aliphatic carboxylic acids is 1. The molecule has 8 nitrogen and oxygen atoms in total. The Kier molecular flexibility index (Phi) is 8.28. The van der Waals surface area contributed by atoms with Gasteiger partial charge >= 0.3 is 5.97 Å². The highest BCUT2D eigenvalue weighted by Gasteiger charge is 2.20. The maximum Gasteiger partial charge on any atom is 0.321 e. The quantitative estimate of drug-likeness (QED) is 0.0822. The van der Waals surface area contributed by atoms with Gasteiger partial charge in [0, 0.05) is 41.4 Å². The lowest BCUT2D eigenvalue weighted by atomic mass is 10.0. The molecule has 0 aliphatic heterocycles. The van der Waals surface area contributed by atoms with Crippen LogP contribution in [0.1, 0.15) is 11.1 Å². The number of aromatic hydroxyl groups is 2. The lowest BCUT2D eigenvalue weighted by molar-refractivity contribution is -0.138. The van der Waals surface area contributed by atoms with Crippen LogP contribution in [0.15, 0.2) is 48.2 Å². The fourth-order valence-corrected chi connectivity index (χ4v) is 2.94. The van der Waals surface area contributed by atoms with Gasteiger partial charge < -0.3 is 25.4 Å². The van der Waals surface area contributed by atoms with Crippen LogP contribution in [0.25, 0.3) is 0 Å². The van der Waals surface area contributed by atoms with Gasteiger partial charge in [-0.15, -0.1) is 0 Å². The van der Waals surface area contributed by atoms with E-state index in [4.69, 9.17) is 4.74 Å². The normalized spacial score (nSPS) is 12.3. The van der Waals surface area contributed by atoms with Gasteiger partial charge in [0.1, 0.15) is 36.2 Å². The first-order valence-corrected chi connectivity index (χ1v) is 9.66. The molecule has 29 heavy (non-hydrogen) atoms. The molecule has 154 valence electrons. The van der Waals surface area contributed by atoms with E-state index in [2.05, 4.69) is 8.85 Å². The first-order chi connectivity index (χ1) is 13.8. The van der Waals surface area contributed by atoms with Crippen LogP contribution >= 0.6 is 22.9 Å². The zero-order chi connectivity index (χ0) is 21.4. The van der Waals surface area contributed by atoms with E-state index in [9.17, 15) is 24.9 Å². The van der Waals surface area contributed by atoms with Crippen LogP contribution < -0.4 is 13.6 Å². The number of anilines is 1. The molecule has 0 spiro atoms. The molecule has 0 aliphatic rings. The molecule has 1 atom stereocenters. The fraction of sp³-hybridized carbons (Fsp3) is 0.200. The number of phenolic OH excluding ortho intramolecular Hbond substituents is 2. The van der Waals surface area contributed by atoms with E-state index in [0.717, 1.165) is 11.6 Å². The fourth-order valence-electron chi connectivity index (χ4n) is 2.45. The molecule has 1 unspecified atom stereocenters. The summed E-state index contributed by atoms with van der Waals surface area (Å²) in [5, 5.41) is 32.3. The summed E-state index contributed by atoms with van der Waals surface area (Å²) in [7, 11) is 0. The molecule has 0 heterocycles. The van der Waals surface area contributed by atoms with Crippen LogP contribution in [-0.2, 0) is 16.0 Å². The predicted octanol–water partition coefficient (Wildman–Crippen LogP) is 2.92. The van der Waals surface area contributed by atoms with E-state index < -0.39 is 12.0 Å². The molecule has 0 radical (unpaired) electrons. The summed E-state index contributed by atoms with van der Waals surface area (Å²) in [5.41, 5.74) is 1.97. The van der Waals surface area contributed by atoms with Gasteiger partial charge in [0.2, 0.25) is 0 Å². The molecule has 0 aliphatic carbocycles. The van der Waals surface area contributed by atoms with Gasteiger partial charge in [-0.05, 0) is 30.7 Å². The molecular weight excluding hydrogens is 491 g/mol. The average molecular weight is 512 g/mol. The second-order valence-electron chi connectivity index (χ2n) is 6.26. The van der Waals surface area contributed by atoms with E-state index in [1.165, 1.54) is 12.1 Å². The van der Waals surface area contributed by atoms with Crippen molar-refractivity contribution in [2.24, 2.45) is 0 Å². The number of allylic oxidation sites excluding steroid dienone is 1. The predicted molar refractivity (Wildman–Crippen MR) is 116 cm³/mol. The van der Waals surface area contributed by atoms with Gasteiger partial charge in [-0.25, -0.2) is 3.53 Å². The minimum Gasteiger partial charge on any atom is -0.508 e. The molecule has 5 N–H and O–H groups in total. The second-order valence-corrected chi connectivity index (χ2v) is 6.88. The molecule has 9 heteroatoms. The first-order valence-electron chi connectivity index (χ1n) is 8.58. The minimum absolute atomic E-state index is 0.00827. The number of hydrogen-bond acceptors (Lipinski definition) is 7. The number of carboxylic acid groups (broad SMARTS) is 1. The highest BCUT2D eigenvalue weighted by atomic mass is 127. The van der Waals surface area contributed by atoms with Crippen molar-refractivity contribution in [1.82, 2.24) is 3.53 Å². The highest BCUT2D eigenvalue weighted by molar-refractivity contribution is 14.1. The molecule has 2 rings (SSSR count). The Bertz CT molecular complexity index is 899. The SMILES string of the molecule is Cc1ccc(OCC(=CC=O)Nc2cc(CC(NI)C(=O)O)c(O)cc2O)cc1. The van der Waals surface area contributed by atoms with E-state index in [0.29, 0.717) is 23.3 Å². The average Bonchev–Trinajstić information content (AvgIpc) is 2.68. The van der Waals surface area contributed by atoms with E-state index in [1.807, 2.05) is 19.1 Å². The van der Waals surface area contributed by atoms with Crippen molar-refractivity contribution in [3.05, 3.63) is 59.3 Å². The van der Waals surface area contributed by atoms with Gasteiger partial charge in [0.15, 0.2) is 0 Å². The molecule has 2 aromatic rings. The van der Waals surface area contributed by atoms with Crippen molar-refractivity contribution < 1.29 is 29.6 Å². The van der Waals surface area contributed by atoms with Gasteiger partial charge in [-0.1, -0.05) is 17.7 Å². The standard InChI is InChI=1S/C20H21IN2O6/c1-12-2-4-15(5-3-12)29-11-14(6-7-24)22-16-8-13(18(25)10-19(16)26)9-17(23-21)20(27)28/h2-8,10,17,22-23,25-26H,9,11H2,1H3,(H,27,28). The third-order valence-corrected chi connectivity index (χ3v) is 4.78. The molecule has 0 saturated carbocycles. The number of hydrogen-bond donors (Lipinski definition) is 5. The van der Waals surface area contributed by atoms with Gasteiger partial charge in [-0.2, -0.15) is 0 Å². The summed E-state index contributed by atoms with van der Waals surface area (Å²) in [4.78, 5) is 22.2. The van der Waals surface area contributed by atoms with Crippen LogP contribution in [-0.4, -0.2) is 40.2 Å². The lowest BCUT2D eigenvalue weighted by Crippen LogP contribution is -2.32. The summed E-state index contributed by atoms with van der Waals surface area (Å²) in [6.07, 6.45) is 1.83. The highest BCUT2D eigenvalue weighted by Crippen LogP contribution is 2.33. The zero-order valence-electron chi connectivity index (χ0n) is 15.6. The number of halogens is 1. The number of ether oxygens (including phenoxy) is 1. The lowest BCUT2D eigenvalue weighted by Gasteiger charge is -2.16. The Morgan fingerprint density at radius 1 is 1.21 bits per heavy atom. The van der Waals surface area contributed by atoms with Crippen LogP contribution in [0.3, 0.4) is 0 Å². The Hall–Kier alpha value is -2.79. The second kappa shape index (κ2) is 10.7. The van der Waals surface area contributed by atoms with E-state index in [-0.39, 0.29) is 30.2 Å². The number of benzene rings is 2. The smallest absolute Gasteiger partial charge is 0.321 e. The zero-order valence-corrected chi connectivity index (χ0v) is 17.7. The number of rotatable bonds is 10. The number of nitrogens with one attached hydrogen (secondary N) is 2. The Balaban J connectivity index is 2.18. The molecule has 0 aromatic heterocycles. The van der Waals surface area contributed by atoms with E-state index >= 15 is 0 Å². The topological polar surface area (TPSA) is 128 Å². The van der Waals surface area contributed by atoms with E-state index in [1.54, 1.807) is 35.0 Å². The molecule has 0 fully saturated rings. The Morgan fingerprint density at radius 2 is 1.90 bits per heavy atom. The van der Waals surface area contributed by atoms with Gasteiger partial charge in [0.25, 0.3) is 0 Å². The summed E-state index contributed by atoms with van der Waals surface area (Å²) >= 11 is 1.73. The first kappa shape index (κ1) is 22.5. The summed E-state index contributed by atoms with van der Waals surface area (Å²) in [6, 6.07) is 9.00.